The number of halogens is 2. The van der Waals surface area contributed by atoms with Gasteiger partial charge in [0, 0.05) is 28.4 Å². The SMILES string of the molecule is O=C1CC(Br)CN1c1[nH]ncc1-c1cccc(Cl)c1. The number of H-pyrrole nitrogens is 1. The number of hydrogen-bond acceptors (Lipinski definition) is 2. The van der Waals surface area contributed by atoms with E-state index in [0.717, 1.165) is 16.9 Å². The monoisotopic (exact) mass is 339 g/mol. The van der Waals surface area contributed by atoms with Crippen LogP contribution in [0.5, 0.6) is 0 Å². The summed E-state index contributed by atoms with van der Waals surface area (Å²) in [5.74, 6) is 0.823. The summed E-state index contributed by atoms with van der Waals surface area (Å²) in [5.41, 5.74) is 1.83. The minimum Gasteiger partial charge on any atom is -0.296 e. The Hall–Kier alpha value is -1.33. The van der Waals surface area contributed by atoms with Crippen LogP contribution in [0.2, 0.25) is 5.02 Å². The fourth-order valence-electron chi connectivity index (χ4n) is 2.23. The third-order valence-corrected chi connectivity index (χ3v) is 3.95. The highest BCUT2D eigenvalue weighted by Gasteiger charge is 2.31. The number of rotatable bonds is 2. The molecule has 0 bridgehead atoms. The first-order chi connectivity index (χ1) is 9.15. The highest BCUT2D eigenvalue weighted by molar-refractivity contribution is 9.09. The molecule has 19 heavy (non-hydrogen) atoms. The molecule has 1 aromatic carbocycles. The number of hydrogen-bond donors (Lipinski definition) is 1. The van der Waals surface area contributed by atoms with E-state index >= 15 is 0 Å². The third kappa shape index (κ3) is 2.40. The van der Waals surface area contributed by atoms with E-state index in [0.29, 0.717) is 18.0 Å². The average molecular weight is 341 g/mol. The molecule has 0 radical (unpaired) electrons. The number of nitrogens with one attached hydrogen (secondary N) is 1. The topological polar surface area (TPSA) is 49.0 Å². The Morgan fingerprint density at radius 2 is 2.32 bits per heavy atom. The smallest absolute Gasteiger partial charge is 0.229 e. The van der Waals surface area contributed by atoms with Crippen LogP contribution >= 0.6 is 27.5 Å². The Kier molecular flexibility index (Phi) is 3.33. The number of amides is 1. The van der Waals surface area contributed by atoms with Crippen molar-refractivity contribution in [2.75, 3.05) is 11.4 Å². The first-order valence-electron chi connectivity index (χ1n) is 5.89. The number of carbonyl (C=O) groups is 1. The molecule has 0 aliphatic carbocycles. The molecule has 3 rings (SSSR count). The van der Waals surface area contributed by atoms with E-state index < -0.39 is 0 Å². The molecule has 2 aromatic rings. The van der Waals surface area contributed by atoms with Gasteiger partial charge in [0.15, 0.2) is 0 Å². The lowest BCUT2D eigenvalue weighted by molar-refractivity contribution is -0.117. The largest absolute Gasteiger partial charge is 0.296 e. The van der Waals surface area contributed by atoms with Crippen molar-refractivity contribution in [2.45, 2.75) is 11.2 Å². The van der Waals surface area contributed by atoms with Crippen molar-refractivity contribution in [2.24, 2.45) is 0 Å². The number of nitrogens with zero attached hydrogens (tertiary/aromatic N) is 2. The number of aromatic nitrogens is 2. The zero-order valence-electron chi connectivity index (χ0n) is 9.94. The van der Waals surface area contributed by atoms with Gasteiger partial charge in [-0.05, 0) is 17.7 Å². The van der Waals surface area contributed by atoms with E-state index in [9.17, 15) is 4.79 Å². The summed E-state index contributed by atoms with van der Waals surface area (Å²) in [7, 11) is 0. The summed E-state index contributed by atoms with van der Waals surface area (Å²) in [6.45, 7) is 0.647. The van der Waals surface area contributed by atoms with Crippen LogP contribution in [0.3, 0.4) is 0 Å². The van der Waals surface area contributed by atoms with Crippen LogP contribution in [0, 0.1) is 0 Å². The second-order valence-corrected chi connectivity index (χ2v) is 6.18. The summed E-state index contributed by atoms with van der Waals surface area (Å²) in [6.07, 6.45) is 2.23. The summed E-state index contributed by atoms with van der Waals surface area (Å²) < 4.78 is 0. The van der Waals surface area contributed by atoms with E-state index in [2.05, 4.69) is 26.1 Å². The highest BCUT2D eigenvalue weighted by Crippen LogP contribution is 2.33. The van der Waals surface area contributed by atoms with E-state index in [1.54, 1.807) is 11.1 Å². The maximum atomic E-state index is 12.0. The van der Waals surface area contributed by atoms with Crippen LogP contribution < -0.4 is 4.90 Å². The lowest BCUT2D eigenvalue weighted by Gasteiger charge is -2.15. The minimum atomic E-state index is 0.0920. The predicted octanol–water partition coefficient (Wildman–Crippen LogP) is 3.23. The molecule has 98 valence electrons. The van der Waals surface area contributed by atoms with Gasteiger partial charge in [-0.3, -0.25) is 14.8 Å². The van der Waals surface area contributed by atoms with Crippen LogP contribution in [0.25, 0.3) is 11.1 Å². The number of aromatic amines is 1. The van der Waals surface area contributed by atoms with Crippen molar-refractivity contribution in [3.63, 3.8) is 0 Å². The van der Waals surface area contributed by atoms with Crippen molar-refractivity contribution in [1.82, 2.24) is 10.2 Å². The Morgan fingerprint density at radius 1 is 1.47 bits per heavy atom. The van der Waals surface area contributed by atoms with Crippen LogP contribution in [0.1, 0.15) is 6.42 Å². The normalized spacial score (nSPS) is 19.2. The second-order valence-electron chi connectivity index (χ2n) is 4.45. The summed E-state index contributed by atoms with van der Waals surface area (Å²) in [6, 6.07) is 7.52. The average Bonchev–Trinajstić information content (AvgIpc) is 2.95. The van der Waals surface area contributed by atoms with Gasteiger partial charge in [-0.2, -0.15) is 5.10 Å². The molecule has 1 amide bonds. The van der Waals surface area contributed by atoms with Gasteiger partial charge in [0.25, 0.3) is 0 Å². The molecule has 2 heterocycles. The standard InChI is InChI=1S/C13H11BrClN3O/c14-9-5-12(19)18(7-9)13-11(6-16-17-13)8-2-1-3-10(15)4-8/h1-4,6,9H,5,7H2,(H,16,17). The molecule has 1 aliphatic rings. The first-order valence-corrected chi connectivity index (χ1v) is 7.18. The number of anilines is 1. The Bertz CT molecular complexity index is 628. The zero-order valence-corrected chi connectivity index (χ0v) is 12.3. The number of alkyl halides is 1. The van der Waals surface area contributed by atoms with Gasteiger partial charge in [-0.25, -0.2) is 0 Å². The van der Waals surface area contributed by atoms with Crippen molar-refractivity contribution >= 4 is 39.3 Å². The van der Waals surface area contributed by atoms with E-state index in [-0.39, 0.29) is 10.7 Å². The Labute approximate surface area is 123 Å². The van der Waals surface area contributed by atoms with E-state index in [4.69, 9.17) is 11.6 Å². The zero-order chi connectivity index (χ0) is 13.4. The second kappa shape index (κ2) is 4.98. The molecule has 1 aliphatic heterocycles. The van der Waals surface area contributed by atoms with Crippen LogP contribution in [0.4, 0.5) is 5.82 Å². The van der Waals surface area contributed by atoms with Crippen LogP contribution in [-0.2, 0) is 4.79 Å². The van der Waals surface area contributed by atoms with Crippen LogP contribution in [-0.4, -0.2) is 27.5 Å². The fourth-order valence-corrected chi connectivity index (χ4v) is 2.99. The lowest BCUT2D eigenvalue weighted by Crippen LogP contribution is -2.25. The lowest BCUT2D eigenvalue weighted by atomic mass is 10.1. The Morgan fingerprint density at radius 3 is 3.00 bits per heavy atom. The van der Waals surface area contributed by atoms with Gasteiger partial charge < -0.3 is 0 Å². The summed E-state index contributed by atoms with van der Waals surface area (Å²) in [5, 5.41) is 7.63. The van der Waals surface area contributed by atoms with Gasteiger partial charge in [0.05, 0.1) is 6.20 Å². The van der Waals surface area contributed by atoms with Crippen molar-refractivity contribution in [1.29, 1.82) is 0 Å². The summed E-state index contributed by atoms with van der Waals surface area (Å²) >= 11 is 9.49. The van der Waals surface area contributed by atoms with Crippen LogP contribution in [0.15, 0.2) is 30.5 Å². The molecule has 1 N–H and O–H groups in total. The number of benzene rings is 1. The molecule has 6 heteroatoms. The predicted molar refractivity (Wildman–Crippen MR) is 78.7 cm³/mol. The van der Waals surface area contributed by atoms with E-state index in [1.165, 1.54) is 0 Å². The minimum absolute atomic E-state index is 0.0920. The maximum absolute atomic E-state index is 12.0. The van der Waals surface area contributed by atoms with Gasteiger partial charge >= 0.3 is 0 Å². The Balaban J connectivity index is 2.01. The van der Waals surface area contributed by atoms with Crippen molar-refractivity contribution < 1.29 is 4.79 Å². The van der Waals surface area contributed by atoms with Crippen molar-refractivity contribution in [3.05, 3.63) is 35.5 Å². The molecule has 0 saturated carbocycles. The molecule has 1 unspecified atom stereocenters. The van der Waals surface area contributed by atoms with Crippen molar-refractivity contribution in [3.8, 4) is 11.1 Å². The van der Waals surface area contributed by atoms with Gasteiger partial charge in [0.1, 0.15) is 5.82 Å². The molecule has 4 nitrogen and oxygen atoms in total. The van der Waals surface area contributed by atoms with Gasteiger partial charge in [-0.15, -0.1) is 0 Å². The first kappa shape index (κ1) is 12.7. The third-order valence-electron chi connectivity index (χ3n) is 3.10. The summed E-state index contributed by atoms with van der Waals surface area (Å²) in [4.78, 5) is 13.9. The van der Waals surface area contributed by atoms with Gasteiger partial charge in [0.2, 0.25) is 5.91 Å². The molecular weight excluding hydrogens is 330 g/mol. The molecule has 1 saturated heterocycles. The van der Waals surface area contributed by atoms with Gasteiger partial charge in [-0.1, -0.05) is 39.7 Å². The maximum Gasteiger partial charge on any atom is 0.229 e. The molecule has 1 aromatic heterocycles. The molecular formula is C13H11BrClN3O. The fraction of sp³-hybridized carbons (Fsp3) is 0.231. The quantitative estimate of drug-likeness (QED) is 0.853. The molecule has 1 atom stereocenters. The number of carbonyl (C=O) groups excluding carboxylic acids is 1. The highest BCUT2D eigenvalue weighted by atomic mass is 79.9. The molecule has 1 fully saturated rings. The van der Waals surface area contributed by atoms with E-state index in [1.807, 2.05) is 24.3 Å². The molecule has 0 spiro atoms.